The Kier molecular flexibility index (Phi) is 6.51. The fraction of sp³-hybridized carbons (Fsp3) is 0.364. The Bertz CT molecular complexity index is 852. The molecule has 2 aromatic rings. The largest absolute Gasteiger partial charge is 0.494 e. The van der Waals surface area contributed by atoms with E-state index >= 15 is 0 Å². The summed E-state index contributed by atoms with van der Waals surface area (Å²) in [5.74, 6) is -0.294. The van der Waals surface area contributed by atoms with Crippen LogP contribution in [0.1, 0.15) is 42.0 Å². The maximum Gasteiger partial charge on any atom is 0.330 e. The molecule has 2 aromatic carbocycles. The molecule has 1 heterocycles. The summed E-state index contributed by atoms with van der Waals surface area (Å²) >= 11 is 0. The zero-order valence-corrected chi connectivity index (χ0v) is 15.9. The lowest BCUT2D eigenvalue weighted by Gasteiger charge is -2.18. The predicted molar refractivity (Wildman–Crippen MR) is 107 cm³/mol. The first-order valence-electron chi connectivity index (χ1n) is 9.52. The van der Waals surface area contributed by atoms with Crippen molar-refractivity contribution in [2.24, 2.45) is 0 Å². The van der Waals surface area contributed by atoms with Gasteiger partial charge in [0.25, 0.3) is 0 Å². The van der Waals surface area contributed by atoms with Gasteiger partial charge in [-0.15, -0.1) is 0 Å². The summed E-state index contributed by atoms with van der Waals surface area (Å²) < 4.78 is 5.90. The second-order valence-electron chi connectivity index (χ2n) is 7.11. The lowest BCUT2D eigenvalue weighted by Crippen LogP contribution is -2.23. The molecule has 1 fully saturated rings. The van der Waals surface area contributed by atoms with Gasteiger partial charge in [-0.2, -0.15) is 5.26 Å². The van der Waals surface area contributed by atoms with E-state index in [0.717, 1.165) is 18.5 Å². The third-order valence-corrected chi connectivity index (χ3v) is 4.88. The number of nitriles is 1. The molecule has 1 saturated heterocycles. The normalized spacial score (nSPS) is 16.9. The van der Waals surface area contributed by atoms with E-state index in [1.54, 1.807) is 30.3 Å². The SMILES string of the molecule is Cc1cc(OCCC2CCCN2)cc(C(Nc2ccc(C#N)cc2)C(=O)O)c1. The predicted octanol–water partition coefficient (Wildman–Crippen LogP) is 3.63. The van der Waals surface area contributed by atoms with Gasteiger partial charge in [0.1, 0.15) is 5.75 Å². The number of anilines is 1. The van der Waals surface area contributed by atoms with Crippen molar-refractivity contribution in [2.45, 2.75) is 38.3 Å². The topological polar surface area (TPSA) is 94.4 Å². The molecule has 0 amide bonds. The monoisotopic (exact) mass is 379 g/mol. The molecule has 3 rings (SSSR count). The summed E-state index contributed by atoms with van der Waals surface area (Å²) in [5.41, 5.74) is 2.74. The highest BCUT2D eigenvalue weighted by Gasteiger charge is 2.21. The van der Waals surface area contributed by atoms with Crippen molar-refractivity contribution < 1.29 is 14.6 Å². The number of ether oxygens (including phenoxy) is 1. The molecule has 28 heavy (non-hydrogen) atoms. The highest BCUT2D eigenvalue weighted by atomic mass is 16.5. The molecule has 0 radical (unpaired) electrons. The molecule has 2 unspecified atom stereocenters. The lowest BCUT2D eigenvalue weighted by molar-refractivity contribution is -0.138. The number of carboxylic acid groups (broad SMARTS) is 1. The van der Waals surface area contributed by atoms with Crippen molar-refractivity contribution in [2.75, 3.05) is 18.5 Å². The van der Waals surface area contributed by atoms with E-state index in [0.29, 0.717) is 35.2 Å². The van der Waals surface area contributed by atoms with Crippen LogP contribution in [0, 0.1) is 18.3 Å². The molecule has 6 nitrogen and oxygen atoms in total. The summed E-state index contributed by atoms with van der Waals surface area (Å²) in [7, 11) is 0. The maximum atomic E-state index is 11.9. The van der Waals surface area contributed by atoms with Crippen LogP contribution in [0.5, 0.6) is 5.75 Å². The summed E-state index contributed by atoms with van der Waals surface area (Å²) in [6.45, 7) is 3.59. The van der Waals surface area contributed by atoms with Crippen molar-refractivity contribution in [1.29, 1.82) is 5.26 Å². The third-order valence-electron chi connectivity index (χ3n) is 4.88. The van der Waals surface area contributed by atoms with Crippen LogP contribution >= 0.6 is 0 Å². The Hall–Kier alpha value is -3.04. The second kappa shape index (κ2) is 9.25. The van der Waals surface area contributed by atoms with Crippen LogP contribution in [0.2, 0.25) is 0 Å². The first-order valence-corrected chi connectivity index (χ1v) is 9.52. The quantitative estimate of drug-likeness (QED) is 0.648. The van der Waals surface area contributed by atoms with Crippen LogP contribution < -0.4 is 15.4 Å². The van der Waals surface area contributed by atoms with Gasteiger partial charge in [0.05, 0.1) is 18.2 Å². The number of hydrogen-bond donors (Lipinski definition) is 3. The molecule has 0 aromatic heterocycles. The van der Waals surface area contributed by atoms with Gasteiger partial charge in [-0.3, -0.25) is 0 Å². The van der Waals surface area contributed by atoms with Gasteiger partial charge in [0.15, 0.2) is 6.04 Å². The Morgan fingerprint density at radius 2 is 2.14 bits per heavy atom. The summed E-state index contributed by atoms with van der Waals surface area (Å²) in [6, 6.07) is 13.9. The van der Waals surface area contributed by atoms with Gasteiger partial charge in [-0.1, -0.05) is 6.07 Å². The molecular formula is C22H25N3O3. The van der Waals surface area contributed by atoms with Crippen molar-refractivity contribution in [3.05, 3.63) is 59.2 Å². The van der Waals surface area contributed by atoms with E-state index in [1.165, 1.54) is 12.8 Å². The number of aryl methyl sites for hydroxylation is 1. The van der Waals surface area contributed by atoms with E-state index in [1.807, 2.05) is 19.1 Å². The summed E-state index contributed by atoms with van der Waals surface area (Å²) in [6.07, 6.45) is 3.33. The van der Waals surface area contributed by atoms with Gasteiger partial charge >= 0.3 is 5.97 Å². The zero-order valence-electron chi connectivity index (χ0n) is 15.9. The van der Waals surface area contributed by atoms with E-state index in [2.05, 4.69) is 16.7 Å². The van der Waals surface area contributed by atoms with Gasteiger partial charge < -0.3 is 20.5 Å². The molecule has 0 spiro atoms. The Labute approximate surface area is 165 Å². The molecule has 146 valence electrons. The number of nitrogens with one attached hydrogen (secondary N) is 2. The lowest BCUT2D eigenvalue weighted by atomic mass is 10.0. The number of benzene rings is 2. The van der Waals surface area contributed by atoms with Crippen molar-refractivity contribution >= 4 is 11.7 Å². The maximum absolute atomic E-state index is 11.9. The molecule has 2 atom stereocenters. The van der Waals surface area contributed by atoms with E-state index in [4.69, 9.17) is 10.00 Å². The average Bonchev–Trinajstić information content (AvgIpc) is 3.19. The van der Waals surface area contributed by atoms with Crippen molar-refractivity contribution in [3.63, 3.8) is 0 Å². The fourth-order valence-electron chi connectivity index (χ4n) is 3.44. The van der Waals surface area contributed by atoms with Gasteiger partial charge in [-0.25, -0.2) is 4.79 Å². The minimum Gasteiger partial charge on any atom is -0.494 e. The molecule has 0 bridgehead atoms. The number of hydrogen-bond acceptors (Lipinski definition) is 5. The first kappa shape index (κ1) is 19.7. The van der Waals surface area contributed by atoms with Crippen LogP contribution in [-0.2, 0) is 4.79 Å². The van der Waals surface area contributed by atoms with Crippen LogP contribution in [-0.4, -0.2) is 30.3 Å². The zero-order chi connectivity index (χ0) is 19.9. The summed E-state index contributed by atoms with van der Waals surface area (Å²) in [5, 5.41) is 25.1. The number of nitrogens with zero attached hydrogens (tertiary/aromatic N) is 1. The van der Waals surface area contributed by atoms with Crippen LogP contribution in [0.15, 0.2) is 42.5 Å². The molecular weight excluding hydrogens is 354 g/mol. The molecule has 1 aliphatic heterocycles. The Morgan fingerprint density at radius 1 is 1.36 bits per heavy atom. The van der Waals surface area contributed by atoms with Crippen molar-refractivity contribution in [1.82, 2.24) is 5.32 Å². The number of carboxylic acids is 1. The highest BCUT2D eigenvalue weighted by molar-refractivity contribution is 5.79. The highest BCUT2D eigenvalue weighted by Crippen LogP contribution is 2.26. The van der Waals surface area contributed by atoms with E-state index in [-0.39, 0.29) is 0 Å². The molecule has 0 saturated carbocycles. The van der Waals surface area contributed by atoms with Crippen LogP contribution in [0.25, 0.3) is 0 Å². The van der Waals surface area contributed by atoms with Gasteiger partial charge in [0.2, 0.25) is 0 Å². The van der Waals surface area contributed by atoms with Crippen LogP contribution in [0.3, 0.4) is 0 Å². The number of carbonyl (C=O) groups is 1. The smallest absolute Gasteiger partial charge is 0.330 e. The fourth-order valence-corrected chi connectivity index (χ4v) is 3.44. The van der Waals surface area contributed by atoms with E-state index in [9.17, 15) is 9.90 Å². The van der Waals surface area contributed by atoms with Gasteiger partial charge in [-0.05, 0) is 80.3 Å². The average molecular weight is 379 g/mol. The molecule has 1 aliphatic rings. The molecule has 3 N–H and O–H groups in total. The van der Waals surface area contributed by atoms with Crippen molar-refractivity contribution in [3.8, 4) is 11.8 Å². The first-order chi connectivity index (χ1) is 13.5. The van der Waals surface area contributed by atoms with Crippen LogP contribution in [0.4, 0.5) is 5.69 Å². The minimum atomic E-state index is -0.976. The third kappa shape index (κ3) is 5.24. The standard InChI is InChI=1S/C22H25N3O3/c1-15-11-17(13-20(12-15)28-10-8-18-3-2-9-24-18)21(22(26)27)25-19-6-4-16(14-23)5-7-19/h4-7,11-13,18,21,24-25H,2-3,8-10H2,1H3,(H,26,27). The second-order valence-corrected chi connectivity index (χ2v) is 7.11. The van der Waals surface area contributed by atoms with E-state index < -0.39 is 12.0 Å². The Balaban J connectivity index is 1.71. The van der Waals surface area contributed by atoms with Gasteiger partial charge in [0, 0.05) is 11.7 Å². The molecule has 0 aliphatic carbocycles. The minimum absolute atomic E-state index is 0.508. The number of rotatable bonds is 8. The summed E-state index contributed by atoms with van der Waals surface area (Å²) in [4.78, 5) is 11.9. The Morgan fingerprint density at radius 3 is 2.79 bits per heavy atom. The number of aliphatic carboxylic acids is 1. The molecule has 6 heteroatoms.